The normalized spacial score (nSPS) is 14.2. The number of aromatic nitrogens is 2. The van der Waals surface area contributed by atoms with Crippen LogP contribution in [0.15, 0.2) is 16.0 Å². The number of hydrogen-bond donors (Lipinski definition) is 3. The summed E-state index contributed by atoms with van der Waals surface area (Å²) in [5, 5.41) is 12.4. The molecule has 0 aliphatic carbocycles. The first-order valence-electron chi connectivity index (χ1n) is 5.50. The van der Waals surface area contributed by atoms with Gasteiger partial charge < -0.3 is 15.4 Å². The molecule has 1 atom stereocenters. The van der Waals surface area contributed by atoms with Gasteiger partial charge in [-0.1, -0.05) is 11.8 Å². The third kappa shape index (κ3) is 3.85. The number of carboxylic acid groups (broad SMARTS) is 1. The van der Waals surface area contributed by atoms with Gasteiger partial charge in [-0.05, 0) is 27.3 Å². The van der Waals surface area contributed by atoms with E-state index in [-0.39, 0.29) is 5.56 Å². The Hall–Kier alpha value is -1.34. The van der Waals surface area contributed by atoms with E-state index in [1.54, 1.807) is 20.9 Å². The molecule has 0 fully saturated rings. The number of nitrogens with one attached hydrogen (secondary N) is 2. The number of aromatic amines is 1. The van der Waals surface area contributed by atoms with Crippen molar-refractivity contribution >= 4 is 17.7 Å². The van der Waals surface area contributed by atoms with Crippen molar-refractivity contribution in [3.8, 4) is 0 Å². The van der Waals surface area contributed by atoms with Gasteiger partial charge in [0.1, 0.15) is 5.54 Å². The number of thioether (sulfide) groups is 1. The number of aryl methyl sites for hydroxylation is 1. The van der Waals surface area contributed by atoms with Crippen LogP contribution in [0.1, 0.15) is 19.0 Å². The quantitative estimate of drug-likeness (QED) is 0.518. The highest BCUT2D eigenvalue weighted by Crippen LogP contribution is 2.18. The number of carboxylic acids is 1. The molecule has 1 unspecified atom stereocenters. The molecule has 0 saturated carbocycles. The predicted octanol–water partition coefficient (Wildman–Crippen LogP) is 0.623. The molecule has 0 radical (unpaired) electrons. The Morgan fingerprint density at radius 1 is 1.67 bits per heavy atom. The second kappa shape index (κ2) is 6.01. The molecule has 0 saturated heterocycles. The van der Waals surface area contributed by atoms with Crippen molar-refractivity contribution in [2.24, 2.45) is 0 Å². The zero-order valence-electron chi connectivity index (χ0n) is 10.6. The standard InChI is InChI=1S/C11H17N3O3S/c1-7-6-8(15)14-10(13-7)18-5-4-11(2,12-3)9(16)17/h6,12H,4-5H2,1-3H3,(H,16,17)(H,13,14,15). The first-order valence-corrected chi connectivity index (χ1v) is 6.49. The molecule has 1 heterocycles. The van der Waals surface area contributed by atoms with Crippen molar-refractivity contribution in [2.75, 3.05) is 12.8 Å². The number of carbonyl (C=O) groups is 1. The van der Waals surface area contributed by atoms with Crippen LogP contribution in [0.3, 0.4) is 0 Å². The minimum absolute atomic E-state index is 0.195. The molecule has 1 aromatic rings. The summed E-state index contributed by atoms with van der Waals surface area (Å²) in [6, 6.07) is 1.42. The van der Waals surface area contributed by atoms with Crippen molar-refractivity contribution in [2.45, 2.75) is 31.0 Å². The summed E-state index contributed by atoms with van der Waals surface area (Å²) in [7, 11) is 1.62. The van der Waals surface area contributed by atoms with Crippen molar-refractivity contribution in [3.05, 3.63) is 22.1 Å². The minimum Gasteiger partial charge on any atom is -0.480 e. The molecule has 100 valence electrons. The van der Waals surface area contributed by atoms with Crippen molar-refractivity contribution in [3.63, 3.8) is 0 Å². The zero-order chi connectivity index (χ0) is 13.8. The maximum absolute atomic E-state index is 11.2. The molecule has 7 heteroatoms. The lowest BCUT2D eigenvalue weighted by atomic mass is 10.00. The van der Waals surface area contributed by atoms with Gasteiger partial charge in [0, 0.05) is 17.5 Å². The number of nitrogens with zero attached hydrogens (tertiary/aromatic N) is 1. The molecule has 0 aromatic carbocycles. The summed E-state index contributed by atoms with van der Waals surface area (Å²) >= 11 is 1.34. The van der Waals surface area contributed by atoms with Crippen LogP contribution >= 0.6 is 11.8 Å². The lowest BCUT2D eigenvalue weighted by Crippen LogP contribution is -2.47. The van der Waals surface area contributed by atoms with Gasteiger partial charge in [0.2, 0.25) is 0 Å². The Balaban J connectivity index is 2.61. The third-order valence-electron chi connectivity index (χ3n) is 2.71. The maximum atomic E-state index is 11.2. The molecule has 6 nitrogen and oxygen atoms in total. The molecule has 3 N–H and O–H groups in total. The van der Waals surface area contributed by atoms with E-state index in [1.165, 1.54) is 17.8 Å². The highest BCUT2D eigenvalue weighted by atomic mass is 32.2. The fourth-order valence-electron chi connectivity index (χ4n) is 1.31. The number of aliphatic carboxylic acids is 1. The molecule has 0 amide bonds. The maximum Gasteiger partial charge on any atom is 0.323 e. The molecule has 0 aliphatic heterocycles. The van der Waals surface area contributed by atoms with Crippen molar-refractivity contribution in [1.29, 1.82) is 0 Å². The van der Waals surface area contributed by atoms with Crippen LogP contribution in [0.5, 0.6) is 0 Å². The van der Waals surface area contributed by atoms with Crippen LogP contribution in [0.25, 0.3) is 0 Å². The zero-order valence-corrected chi connectivity index (χ0v) is 11.4. The van der Waals surface area contributed by atoms with E-state index in [9.17, 15) is 9.59 Å². The molecule has 1 rings (SSSR count). The van der Waals surface area contributed by atoms with E-state index < -0.39 is 11.5 Å². The molecule has 1 aromatic heterocycles. The van der Waals surface area contributed by atoms with E-state index in [2.05, 4.69) is 15.3 Å². The average Bonchev–Trinajstić information content (AvgIpc) is 2.27. The minimum atomic E-state index is -0.961. The van der Waals surface area contributed by atoms with E-state index >= 15 is 0 Å². The predicted molar refractivity (Wildman–Crippen MR) is 70.0 cm³/mol. The van der Waals surface area contributed by atoms with Crippen LogP contribution in [0.4, 0.5) is 0 Å². The summed E-state index contributed by atoms with van der Waals surface area (Å²) in [5.74, 6) is -0.341. The molecular weight excluding hydrogens is 254 g/mol. The Morgan fingerprint density at radius 3 is 2.83 bits per heavy atom. The SMILES string of the molecule is CNC(C)(CCSc1nc(C)cc(=O)[nH]1)C(=O)O. The lowest BCUT2D eigenvalue weighted by molar-refractivity contribution is -0.144. The number of likely N-dealkylation sites (N-methyl/N-ethyl adjacent to an activating group) is 1. The number of hydrogen-bond acceptors (Lipinski definition) is 5. The van der Waals surface area contributed by atoms with Crippen LogP contribution < -0.4 is 10.9 Å². The van der Waals surface area contributed by atoms with Gasteiger partial charge in [0.25, 0.3) is 5.56 Å². The molecule has 0 spiro atoms. The number of rotatable bonds is 6. The summed E-state index contributed by atoms with van der Waals surface area (Å²) in [4.78, 5) is 29.1. The van der Waals surface area contributed by atoms with Gasteiger partial charge >= 0.3 is 5.97 Å². The van der Waals surface area contributed by atoms with Gasteiger partial charge in [-0.3, -0.25) is 9.59 Å². The van der Waals surface area contributed by atoms with Gasteiger partial charge in [0.15, 0.2) is 5.16 Å². The first-order chi connectivity index (χ1) is 8.37. The number of H-pyrrole nitrogens is 1. The summed E-state index contributed by atoms with van der Waals surface area (Å²) in [6.07, 6.45) is 0.432. The highest BCUT2D eigenvalue weighted by molar-refractivity contribution is 7.99. The van der Waals surface area contributed by atoms with E-state index in [0.29, 0.717) is 23.0 Å². The van der Waals surface area contributed by atoms with Crippen LogP contribution in [-0.2, 0) is 4.79 Å². The van der Waals surface area contributed by atoms with E-state index in [0.717, 1.165) is 0 Å². The smallest absolute Gasteiger partial charge is 0.323 e. The van der Waals surface area contributed by atoms with Crippen molar-refractivity contribution < 1.29 is 9.90 Å². The molecule has 18 heavy (non-hydrogen) atoms. The molecular formula is C11H17N3O3S. The van der Waals surface area contributed by atoms with Crippen molar-refractivity contribution in [1.82, 2.24) is 15.3 Å². The van der Waals surface area contributed by atoms with Crippen LogP contribution in [0.2, 0.25) is 0 Å². The Bertz CT molecular complexity index is 489. The monoisotopic (exact) mass is 271 g/mol. The molecule has 0 aliphatic rings. The largest absolute Gasteiger partial charge is 0.480 e. The average molecular weight is 271 g/mol. The van der Waals surface area contributed by atoms with Gasteiger partial charge in [0.05, 0.1) is 0 Å². The third-order valence-corrected chi connectivity index (χ3v) is 3.59. The van der Waals surface area contributed by atoms with Crippen LogP contribution in [-0.4, -0.2) is 39.4 Å². The summed E-state index contributed by atoms with van der Waals surface area (Å²) in [6.45, 7) is 3.37. The van der Waals surface area contributed by atoms with Gasteiger partial charge in [-0.25, -0.2) is 4.98 Å². The van der Waals surface area contributed by atoms with E-state index in [4.69, 9.17) is 5.11 Å². The fraction of sp³-hybridized carbons (Fsp3) is 0.545. The topological polar surface area (TPSA) is 95.1 Å². The Kier molecular flexibility index (Phi) is 4.92. The Labute approximate surface area is 109 Å². The summed E-state index contributed by atoms with van der Waals surface area (Å²) in [5.41, 5.74) is -0.507. The summed E-state index contributed by atoms with van der Waals surface area (Å²) < 4.78 is 0. The lowest BCUT2D eigenvalue weighted by Gasteiger charge is -2.23. The fourth-order valence-corrected chi connectivity index (χ4v) is 2.40. The first kappa shape index (κ1) is 14.7. The second-order valence-corrected chi connectivity index (χ2v) is 5.26. The van der Waals surface area contributed by atoms with Crippen LogP contribution in [0, 0.1) is 6.92 Å². The van der Waals surface area contributed by atoms with Gasteiger partial charge in [-0.15, -0.1) is 0 Å². The molecule has 0 bridgehead atoms. The second-order valence-electron chi connectivity index (χ2n) is 4.18. The van der Waals surface area contributed by atoms with E-state index in [1.807, 2.05) is 0 Å². The highest BCUT2D eigenvalue weighted by Gasteiger charge is 2.30. The Morgan fingerprint density at radius 2 is 2.33 bits per heavy atom. The van der Waals surface area contributed by atoms with Gasteiger partial charge in [-0.2, -0.15) is 0 Å².